The number of alkyl halides is 3. The molecule has 10 heteroatoms. The van der Waals surface area contributed by atoms with Gasteiger partial charge in [0.15, 0.2) is 17.5 Å². The second kappa shape index (κ2) is 7.69. The first kappa shape index (κ1) is 20.6. The van der Waals surface area contributed by atoms with Crippen molar-refractivity contribution in [2.75, 3.05) is 5.32 Å². The number of anilines is 1. The number of rotatable bonds is 4. The summed E-state index contributed by atoms with van der Waals surface area (Å²) in [6, 6.07) is 0. The highest BCUT2D eigenvalue weighted by Crippen LogP contribution is 2.47. The normalized spacial score (nSPS) is 19.0. The van der Waals surface area contributed by atoms with Crippen LogP contribution in [0.2, 0.25) is 0 Å². The fraction of sp³-hybridized carbons (Fsp3) is 0.263. The van der Waals surface area contributed by atoms with Gasteiger partial charge in [-0.3, -0.25) is 14.8 Å². The Bertz CT molecular complexity index is 965. The molecule has 5 nitrogen and oxygen atoms in total. The van der Waals surface area contributed by atoms with Crippen LogP contribution in [0.5, 0.6) is 0 Å². The van der Waals surface area contributed by atoms with Gasteiger partial charge in [0, 0.05) is 0 Å². The summed E-state index contributed by atoms with van der Waals surface area (Å²) >= 11 is 0. The van der Waals surface area contributed by atoms with Crippen LogP contribution in [0, 0.1) is 17.0 Å². The molecule has 0 saturated heterocycles. The predicted molar refractivity (Wildman–Crippen MR) is 94.7 cm³/mol. The summed E-state index contributed by atoms with van der Waals surface area (Å²) in [4.78, 5) is 23.3. The van der Waals surface area contributed by atoms with E-state index < -0.39 is 34.7 Å². The molecule has 152 valence electrons. The SMILES string of the molecule is CCC1(C(F)(F)F)C=CCC(c2cnc(NC(=O)c3c(F)cncc3F)cn2)=C1. The van der Waals surface area contributed by atoms with E-state index in [-0.39, 0.29) is 24.4 Å². The lowest BCUT2D eigenvalue weighted by Gasteiger charge is -2.32. The molecule has 2 aromatic heterocycles. The lowest BCUT2D eigenvalue weighted by atomic mass is 9.78. The molecule has 2 aromatic rings. The van der Waals surface area contributed by atoms with Gasteiger partial charge < -0.3 is 5.32 Å². The van der Waals surface area contributed by atoms with E-state index in [1.54, 1.807) is 0 Å². The Balaban J connectivity index is 1.82. The van der Waals surface area contributed by atoms with Crippen LogP contribution in [0.3, 0.4) is 0 Å². The minimum absolute atomic E-state index is 0.112. The molecule has 3 rings (SSSR count). The summed E-state index contributed by atoms with van der Waals surface area (Å²) in [5.41, 5.74) is -2.37. The average Bonchev–Trinajstić information content (AvgIpc) is 2.67. The number of nitrogens with zero attached hydrogens (tertiary/aromatic N) is 3. The Labute approximate surface area is 162 Å². The number of hydrogen-bond donors (Lipinski definition) is 1. The first-order valence-corrected chi connectivity index (χ1v) is 8.56. The number of carbonyl (C=O) groups is 1. The zero-order valence-electron chi connectivity index (χ0n) is 15.1. The highest BCUT2D eigenvalue weighted by atomic mass is 19.4. The van der Waals surface area contributed by atoms with Crippen LogP contribution in [0.25, 0.3) is 5.57 Å². The van der Waals surface area contributed by atoms with Crippen molar-refractivity contribution in [2.24, 2.45) is 5.41 Å². The minimum atomic E-state index is -4.45. The van der Waals surface area contributed by atoms with Gasteiger partial charge in [0.2, 0.25) is 0 Å². The number of pyridine rings is 1. The summed E-state index contributed by atoms with van der Waals surface area (Å²) < 4.78 is 67.6. The number of allylic oxidation sites excluding steroid dienone is 4. The Morgan fingerprint density at radius 3 is 2.38 bits per heavy atom. The second-order valence-electron chi connectivity index (χ2n) is 6.39. The number of aromatic nitrogens is 3. The molecular formula is C19H15F5N4O. The molecule has 0 fully saturated rings. The molecule has 2 heterocycles. The topological polar surface area (TPSA) is 67.8 Å². The molecule has 1 amide bonds. The van der Waals surface area contributed by atoms with E-state index in [1.165, 1.54) is 19.2 Å². The van der Waals surface area contributed by atoms with Crippen molar-refractivity contribution in [3.63, 3.8) is 0 Å². The van der Waals surface area contributed by atoms with Gasteiger partial charge in [0.25, 0.3) is 5.91 Å². The summed E-state index contributed by atoms with van der Waals surface area (Å²) in [6.07, 6.45) is 2.98. The number of hydrogen-bond acceptors (Lipinski definition) is 4. The largest absolute Gasteiger partial charge is 0.401 e. The van der Waals surface area contributed by atoms with Crippen molar-refractivity contribution in [2.45, 2.75) is 25.9 Å². The van der Waals surface area contributed by atoms with E-state index in [0.717, 1.165) is 18.3 Å². The molecule has 0 radical (unpaired) electrons. The highest BCUT2D eigenvalue weighted by molar-refractivity contribution is 6.04. The fourth-order valence-electron chi connectivity index (χ4n) is 2.95. The zero-order valence-corrected chi connectivity index (χ0v) is 15.1. The zero-order chi connectivity index (χ0) is 21.2. The van der Waals surface area contributed by atoms with Crippen LogP contribution >= 0.6 is 0 Å². The second-order valence-corrected chi connectivity index (χ2v) is 6.39. The van der Waals surface area contributed by atoms with Gasteiger partial charge in [-0.1, -0.05) is 25.2 Å². The minimum Gasteiger partial charge on any atom is -0.305 e. The van der Waals surface area contributed by atoms with Crippen molar-refractivity contribution in [1.29, 1.82) is 0 Å². The molecular weight excluding hydrogens is 395 g/mol. The van der Waals surface area contributed by atoms with Crippen molar-refractivity contribution in [1.82, 2.24) is 15.0 Å². The summed E-state index contributed by atoms with van der Waals surface area (Å²) in [5, 5.41) is 2.19. The van der Waals surface area contributed by atoms with Gasteiger partial charge in [0.1, 0.15) is 11.0 Å². The smallest absolute Gasteiger partial charge is 0.305 e. The maximum Gasteiger partial charge on any atom is 0.401 e. The Morgan fingerprint density at radius 1 is 1.14 bits per heavy atom. The molecule has 0 aromatic carbocycles. The van der Waals surface area contributed by atoms with Crippen LogP contribution in [-0.2, 0) is 0 Å². The third-order valence-corrected chi connectivity index (χ3v) is 4.60. The number of amides is 1. The van der Waals surface area contributed by atoms with Gasteiger partial charge in [-0.05, 0) is 18.4 Å². The summed E-state index contributed by atoms with van der Waals surface area (Å²) in [7, 11) is 0. The maximum absolute atomic E-state index is 13.6. The predicted octanol–water partition coefficient (Wildman–Crippen LogP) is 4.70. The first-order chi connectivity index (χ1) is 13.7. The van der Waals surface area contributed by atoms with Gasteiger partial charge in [0.05, 0.1) is 30.5 Å². The quantitative estimate of drug-likeness (QED) is 0.586. The third-order valence-electron chi connectivity index (χ3n) is 4.60. The van der Waals surface area contributed by atoms with Crippen LogP contribution in [-0.4, -0.2) is 27.0 Å². The number of nitrogens with one attached hydrogen (secondary N) is 1. The van der Waals surface area contributed by atoms with Crippen molar-refractivity contribution >= 4 is 17.3 Å². The number of halogens is 5. The lowest BCUT2D eigenvalue weighted by Crippen LogP contribution is -2.35. The molecule has 1 aliphatic rings. The first-order valence-electron chi connectivity index (χ1n) is 8.56. The Hall–Kier alpha value is -3.17. The molecule has 1 atom stereocenters. The maximum atomic E-state index is 13.6. The third kappa shape index (κ3) is 4.01. The van der Waals surface area contributed by atoms with Crippen molar-refractivity contribution in [3.05, 3.63) is 65.9 Å². The van der Waals surface area contributed by atoms with Crippen LogP contribution < -0.4 is 5.32 Å². The average molecular weight is 410 g/mol. The standard InChI is InChI=1S/C19H15F5N4O/c1-2-18(19(22,23)24)5-3-4-11(6-18)14-9-27-15(10-26-14)28-17(29)16-12(20)7-25-8-13(16)21/h3,5-10H,2,4H2,1H3,(H,27,28,29). The molecule has 29 heavy (non-hydrogen) atoms. The fourth-order valence-corrected chi connectivity index (χ4v) is 2.95. The van der Waals surface area contributed by atoms with E-state index in [4.69, 9.17) is 0 Å². The molecule has 1 aliphatic carbocycles. The number of carbonyl (C=O) groups excluding carboxylic acids is 1. The highest BCUT2D eigenvalue weighted by Gasteiger charge is 2.51. The van der Waals surface area contributed by atoms with Gasteiger partial charge in [-0.2, -0.15) is 13.2 Å². The van der Waals surface area contributed by atoms with Gasteiger partial charge >= 0.3 is 6.18 Å². The molecule has 0 aliphatic heterocycles. The van der Waals surface area contributed by atoms with Crippen LogP contribution in [0.4, 0.5) is 27.8 Å². The van der Waals surface area contributed by atoms with Crippen molar-refractivity contribution < 1.29 is 26.7 Å². The van der Waals surface area contributed by atoms with E-state index in [9.17, 15) is 26.7 Å². The van der Waals surface area contributed by atoms with Crippen LogP contribution in [0.15, 0.2) is 43.0 Å². The van der Waals surface area contributed by atoms with Gasteiger partial charge in [-0.25, -0.2) is 13.8 Å². The van der Waals surface area contributed by atoms with E-state index in [1.807, 2.05) is 0 Å². The molecule has 0 spiro atoms. The lowest BCUT2D eigenvalue weighted by molar-refractivity contribution is -0.190. The summed E-state index contributed by atoms with van der Waals surface area (Å²) in [5.74, 6) is -3.49. The molecule has 0 bridgehead atoms. The van der Waals surface area contributed by atoms with E-state index >= 15 is 0 Å². The van der Waals surface area contributed by atoms with Crippen LogP contribution in [0.1, 0.15) is 35.8 Å². The van der Waals surface area contributed by atoms with E-state index in [2.05, 4.69) is 20.3 Å². The monoisotopic (exact) mass is 410 g/mol. The Kier molecular flexibility index (Phi) is 5.45. The molecule has 1 N–H and O–H groups in total. The van der Waals surface area contributed by atoms with Gasteiger partial charge in [-0.15, -0.1) is 0 Å². The Morgan fingerprint density at radius 2 is 1.83 bits per heavy atom. The van der Waals surface area contributed by atoms with Crippen molar-refractivity contribution in [3.8, 4) is 0 Å². The summed E-state index contributed by atoms with van der Waals surface area (Å²) in [6.45, 7) is 1.44. The molecule has 0 saturated carbocycles. The molecule has 1 unspecified atom stereocenters. The van der Waals surface area contributed by atoms with E-state index in [0.29, 0.717) is 18.0 Å².